The number of rotatable bonds is 3. The summed E-state index contributed by atoms with van der Waals surface area (Å²) in [7, 11) is 0. The van der Waals surface area contributed by atoms with Crippen LogP contribution in [0.3, 0.4) is 0 Å². The lowest BCUT2D eigenvalue weighted by molar-refractivity contribution is 0.455. The molecule has 21 heavy (non-hydrogen) atoms. The van der Waals surface area contributed by atoms with Crippen molar-refractivity contribution in [1.29, 1.82) is 0 Å². The van der Waals surface area contributed by atoms with Crippen molar-refractivity contribution in [3.05, 3.63) is 35.4 Å². The second-order valence-electron chi connectivity index (χ2n) is 6.75. The predicted octanol–water partition coefficient (Wildman–Crippen LogP) is 5.23. The smallest absolute Gasteiger partial charge is 0.211 e. The number of aliphatic imine (C=N–C) groups is 1. The normalized spacial score (nSPS) is 22.5. The molecule has 2 heteroatoms. The predicted molar refractivity (Wildman–Crippen MR) is 85.2 cm³/mol. The molecule has 1 aromatic rings. The van der Waals surface area contributed by atoms with E-state index in [0.717, 1.165) is 31.6 Å². The molecule has 2 fully saturated rings. The lowest BCUT2D eigenvalue weighted by Crippen LogP contribution is -2.18. The summed E-state index contributed by atoms with van der Waals surface area (Å²) >= 11 is 0. The fourth-order valence-electron chi connectivity index (χ4n) is 4.19. The van der Waals surface area contributed by atoms with Crippen molar-refractivity contribution in [3.8, 4) is 0 Å². The standard InChI is InChI=1S/C19H25NO/c21-15-20-19(13-5-6-14-19)18-11-9-17(10-12-18)16-7-3-1-2-4-8-16/h9-12,16H,1-8,13-14H2. The van der Waals surface area contributed by atoms with Crippen LogP contribution in [0.5, 0.6) is 0 Å². The maximum atomic E-state index is 10.8. The Kier molecular flexibility index (Phi) is 4.55. The van der Waals surface area contributed by atoms with E-state index in [1.165, 1.54) is 49.7 Å². The Morgan fingerprint density at radius 2 is 1.52 bits per heavy atom. The summed E-state index contributed by atoms with van der Waals surface area (Å²) in [5, 5.41) is 0. The molecule has 0 amide bonds. The highest BCUT2D eigenvalue weighted by Gasteiger charge is 2.35. The first-order valence-electron chi connectivity index (χ1n) is 8.53. The molecule has 0 saturated heterocycles. The third-order valence-corrected chi connectivity index (χ3v) is 5.46. The molecule has 0 atom stereocenters. The van der Waals surface area contributed by atoms with E-state index in [1.807, 2.05) is 6.08 Å². The molecule has 2 aliphatic rings. The van der Waals surface area contributed by atoms with E-state index in [-0.39, 0.29) is 5.54 Å². The van der Waals surface area contributed by atoms with Crippen molar-refractivity contribution in [2.45, 2.75) is 75.7 Å². The summed E-state index contributed by atoms with van der Waals surface area (Å²) in [6, 6.07) is 9.00. The third kappa shape index (κ3) is 3.11. The van der Waals surface area contributed by atoms with Crippen LogP contribution in [0, 0.1) is 0 Å². The Bertz CT molecular complexity index is 499. The topological polar surface area (TPSA) is 29.4 Å². The van der Waals surface area contributed by atoms with Gasteiger partial charge >= 0.3 is 0 Å². The molecule has 0 radical (unpaired) electrons. The van der Waals surface area contributed by atoms with Crippen LogP contribution in [0.15, 0.2) is 29.3 Å². The summed E-state index contributed by atoms with van der Waals surface area (Å²) in [6.45, 7) is 0. The molecular formula is C19H25NO. The van der Waals surface area contributed by atoms with Gasteiger partial charge in [0.05, 0.1) is 5.54 Å². The first-order valence-corrected chi connectivity index (χ1v) is 8.53. The Hall–Kier alpha value is -1.40. The quantitative estimate of drug-likeness (QED) is 0.424. The van der Waals surface area contributed by atoms with Crippen molar-refractivity contribution in [2.24, 2.45) is 4.99 Å². The SMILES string of the molecule is O=C=NC1(c2ccc(C3CCCCCC3)cc2)CCCC1. The van der Waals surface area contributed by atoms with Crippen molar-refractivity contribution in [2.75, 3.05) is 0 Å². The zero-order chi connectivity index (χ0) is 14.5. The summed E-state index contributed by atoms with van der Waals surface area (Å²) in [5.74, 6) is 0.732. The summed E-state index contributed by atoms with van der Waals surface area (Å²) < 4.78 is 0. The van der Waals surface area contributed by atoms with E-state index in [1.54, 1.807) is 0 Å². The molecule has 1 aromatic carbocycles. The maximum absolute atomic E-state index is 10.8. The van der Waals surface area contributed by atoms with Gasteiger partial charge in [0.25, 0.3) is 0 Å². The highest BCUT2D eigenvalue weighted by atomic mass is 16.1. The van der Waals surface area contributed by atoms with Gasteiger partial charge in [0.2, 0.25) is 6.08 Å². The minimum atomic E-state index is -0.274. The highest BCUT2D eigenvalue weighted by Crippen LogP contribution is 2.42. The second kappa shape index (κ2) is 6.58. The van der Waals surface area contributed by atoms with Crippen LogP contribution in [0.4, 0.5) is 0 Å². The van der Waals surface area contributed by atoms with Gasteiger partial charge in [-0.2, -0.15) is 4.99 Å². The Morgan fingerprint density at radius 1 is 0.905 bits per heavy atom. The molecule has 0 aliphatic heterocycles. The van der Waals surface area contributed by atoms with Crippen molar-refractivity contribution in [3.63, 3.8) is 0 Å². The number of carbonyl (C=O) groups excluding carboxylic acids is 1. The van der Waals surface area contributed by atoms with Crippen LogP contribution in [-0.2, 0) is 10.3 Å². The Morgan fingerprint density at radius 3 is 2.10 bits per heavy atom. The molecule has 0 unspecified atom stereocenters. The Balaban J connectivity index is 1.81. The molecular weight excluding hydrogens is 258 g/mol. The van der Waals surface area contributed by atoms with E-state index in [9.17, 15) is 4.79 Å². The van der Waals surface area contributed by atoms with Crippen LogP contribution in [0.1, 0.15) is 81.3 Å². The van der Waals surface area contributed by atoms with Gasteiger partial charge in [0, 0.05) is 0 Å². The zero-order valence-electron chi connectivity index (χ0n) is 12.8. The van der Waals surface area contributed by atoms with Gasteiger partial charge in [0.1, 0.15) is 0 Å². The molecule has 0 heterocycles. The average Bonchev–Trinajstić information content (AvgIpc) is 2.83. The monoisotopic (exact) mass is 283 g/mol. The van der Waals surface area contributed by atoms with Crippen LogP contribution in [0.2, 0.25) is 0 Å². The van der Waals surface area contributed by atoms with E-state index in [4.69, 9.17) is 0 Å². The molecule has 3 rings (SSSR count). The van der Waals surface area contributed by atoms with Gasteiger partial charge < -0.3 is 0 Å². The lowest BCUT2D eigenvalue weighted by Gasteiger charge is -2.24. The molecule has 0 spiro atoms. The van der Waals surface area contributed by atoms with E-state index in [2.05, 4.69) is 29.3 Å². The van der Waals surface area contributed by atoms with Crippen molar-refractivity contribution in [1.82, 2.24) is 0 Å². The molecule has 0 aromatic heterocycles. The summed E-state index contributed by atoms with van der Waals surface area (Å²) in [5.41, 5.74) is 2.41. The van der Waals surface area contributed by atoms with Gasteiger partial charge in [-0.15, -0.1) is 0 Å². The molecule has 2 saturated carbocycles. The number of nitrogens with zero attached hydrogens (tertiary/aromatic N) is 1. The fraction of sp³-hybridized carbons (Fsp3) is 0.632. The van der Waals surface area contributed by atoms with E-state index in [0.29, 0.717) is 0 Å². The van der Waals surface area contributed by atoms with Gasteiger partial charge in [-0.05, 0) is 42.7 Å². The van der Waals surface area contributed by atoms with E-state index >= 15 is 0 Å². The van der Waals surface area contributed by atoms with Crippen LogP contribution in [0.25, 0.3) is 0 Å². The first-order chi connectivity index (χ1) is 10.3. The average molecular weight is 283 g/mol. The molecule has 2 nitrogen and oxygen atoms in total. The second-order valence-corrected chi connectivity index (χ2v) is 6.75. The maximum Gasteiger partial charge on any atom is 0.235 e. The number of hydrogen-bond acceptors (Lipinski definition) is 2. The van der Waals surface area contributed by atoms with Crippen molar-refractivity contribution < 1.29 is 4.79 Å². The summed E-state index contributed by atoms with van der Waals surface area (Å²) in [6.07, 6.45) is 14.3. The third-order valence-electron chi connectivity index (χ3n) is 5.46. The Labute approximate surface area is 127 Å². The minimum absolute atomic E-state index is 0.274. The van der Waals surface area contributed by atoms with Crippen LogP contribution in [-0.4, -0.2) is 6.08 Å². The number of hydrogen-bond donors (Lipinski definition) is 0. The number of benzene rings is 1. The van der Waals surface area contributed by atoms with Crippen LogP contribution < -0.4 is 0 Å². The minimum Gasteiger partial charge on any atom is -0.211 e. The molecule has 0 N–H and O–H groups in total. The lowest BCUT2D eigenvalue weighted by atomic mass is 9.85. The fourth-order valence-corrected chi connectivity index (χ4v) is 4.19. The van der Waals surface area contributed by atoms with Crippen molar-refractivity contribution >= 4 is 6.08 Å². The molecule has 0 bridgehead atoms. The largest absolute Gasteiger partial charge is 0.235 e. The molecule has 2 aliphatic carbocycles. The van der Waals surface area contributed by atoms with Gasteiger partial charge in [-0.3, -0.25) is 0 Å². The first kappa shape index (κ1) is 14.5. The van der Waals surface area contributed by atoms with Gasteiger partial charge in [0.15, 0.2) is 0 Å². The van der Waals surface area contributed by atoms with E-state index < -0.39 is 0 Å². The number of isocyanates is 1. The van der Waals surface area contributed by atoms with Crippen LogP contribution >= 0.6 is 0 Å². The highest BCUT2D eigenvalue weighted by molar-refractivity contribution is 5.39. The zero-order valence-corrected chi connectivity index (χ0v) is 12.8. The van der Waals surface area contributed by atoms with Gasteiger partial charge in [-0.1, -0.05) is 62.8 Å². The summed E-state index contributed by atoms with van der Waals surface area (Å²) in [4.78, 5) is 15.0. The molecule has 112 valence electrons. The van der Waals surface area contributed by atoms with Gasteiger partial charge in [-0.25, -0.2) is 4.79 Å².